The summed E-state index contributed by atoms with van der Waals surface area (Å²) in [5, 5.41) is 21.1. The number of ether oxygens (including phenoxy) is 2. The van der Waals surface area contributed by atoms with E-state index in [1.165, 1.54) is 0 Å². The number of aromatic nitrogens is 5. The molecular formula is C55H63ClN12O7S. The quantitative estimate of drug-likeness (QED) is 0.0525. The summed E-state index contributed by atoms with van der Waals surface area (Å²) in [6, 6.07) is 12.4. The number of hydrogen-bond donors (Lipinski definition) is 2. The van der Waals surface area contributed by atoms with Crippen LogP contribution in [0.1, 0.15) is 112 Å². The Morgan fingerprint density at radius 1 is 0.921 bits per heavy atom. The first-order chi connectivity index (χ1) is 36.9. The third-order valence-electron chi connectivity index (χ3n) is 14.8. The second-order valence-corrected chi connectivity index (χ2v) is 21.5. The monoisotopic (exact) mass is 1070 g/mol. The van der Waals surface area contributed by atoms with E-state index in [0.717, 1.165) is 94.7 Å². The molecule has 4 amide bonds. The second-order valence-electron chi connectivity index (χ2n) is 20.1. The lowest BCUT2D eigenvalue weighted by atomic mass is 9.99. The Morgan fingerprint density at radius 2 is 1.72 bits per heavy atom. The number of aryl methyl sites for hydroxylation is 2. The number of amides is 4. The fourth-order valence-electron chi connectivity index (χ4n) is 10.5. The van der Waals surface area contributed by atoms with E-state index in [2.05, 4.69) is 54.6 Å². The highest BCUT2D eigenvalue weighted by molar-refractivity contribution is 7.15. The van der Waals surface area contributed by atoms with Crippen molar-refractivity contribution in [1.82, 2.24) is 49.5 Å². The van der Waals surface area contributed by atoms with Gasteiger partial charge in [-0.2, -0.15) is 5.10 Å². The van der Waals surface area contributed by atoms with E-state index >= 15 is 0 Å². The number of piperazine rings is 1. The highest BCUT2D eigenvalue weighted by Crippen LogP contribution is 2.40. The molecule has 21 heteroatoms. The first-order valence-corrected chi connectivity index (χ1v) is 27.5. The minimum Gasteiger partial charge on any atom is -0.466 e. The van der Waals surface area contributed by atoms with Gasteiger partial charge in [-0.15, -0.1) is 21.5 Å². The molecule has 5 aliphatic heterocycles. The molecular weight excluding hydrogens is 1010 g/mol. The minimum absolute atomic E-state index is 0.0444. The molecule has 3 saturated heterocycles. The molecule has 5 aliphatic rings. The molecule has 3 aromatic heterocycles. The number of thiophene rings is 1. The number of nitrogens with zero attached hydrogens (tertiary/aromatic N) is 10. The number of imide groups is 1. The van der Waals surface area contributed by atoms with Crippen LogP contribution in [0, 0.1) is 25.7 Å². The highest BCUT2D eigenvalue weighted by Gasteiger charge is 2.40. The summed E-state index contributed by atoms with van der Waals surface area (Å²) < 4.78 is 15.2. The Labute approximate surface area is 450 Å². The average Bonchev–Trinajstić information content (AvgIpc) is 4.18. The molecule has 2 atom stereocenters. The number of halogens is 1. The van der Waals surface area contributed by atoms with Gasteiger partial charge in [0, 0.05) is 130 Å². The van der Waals surface area contributed by atoms with Gasteiger partial charge in [0.1, 0.15) is 22.9 Å². The number of piperidine rings is 2. The number of likely N-dealkylation sites (N-methyl/N-ethyl adjacent to an activating group) is 1. The summed E-state index contributed by atoms with van der Waals surface area (Å²) in [6.45, 7) is 11.9. The Kier molecular flexibility index (Phi) is 16.4. The van der Waals surface area contributed by atoms with Crippen LogP contribution in [0.15, 0.2) is 59.9 Å². The van der Waals surface area contributed by atoms with Crippen LogP contribution >= 0.6 is 22.9 Å². The number of aliphatic imine (C=N–C) groups is 1. The molecule has 8 heterocycles. The maximum atomic E-state index is 13.7. The maximum absolute atomic E-state index is 13.7. The Hall–Kier alpha value is -6.76. The standard InChI is InChI=1S/C55H63ClN12O7S/c1-35-46(76-55-50(35)51(38-11-13-39(56)14-12-38)59-44(52-62-61-36(2)68(52)55)31-48(70)65-25-23-63(3)24-26-65)16-10-37-32-57-66(33-37)20-5-9-49(71)75-29-6-28-74-30-27-64-21-18-40(19-22-64)58-43-8-4-7-41-42(43)34-67(54(41)73)45-15-17-47(69)60-53(45)72/h4,7-8,11-14,32-33,40,44-45,58H,5-6,9,15,17-31,34H2,1-3H3,(H,60,69,72)/t44-,45?/m0/s1. The van der Waals surface area contributed by atoms with Crippen molar-refractivity contribution in [3.8, 4) is 16.8 Å². The van der Waals surface area contributed by atoms with Crippen molar-refractivity contribution in [3.05, 3.63) is 110 Å². The molecule has 0 aliphatic carbocycles. The van der Waals surface area contributed by atoms with E-state index < -0.39 is 18.0 Å². The summed E-state index contributed by atoms with van der Waals surface area (Å²) in [6.07, 6.45) is 7.69. The number of hydrogen-bond acceptors (Lipinski definition) is 15. The van der Waals surface area contributed by atoms with Crippen LogP contribution in [-0.2, 0) is 41.7 Å². The molecule has 2 N–H and O–H groups in total. The topological polar surface area (TPSA) is 202 Å². The summed E-state index contributed by atoms with van der Waals surface area (Å²) in [7, 11) is 2.07. The molecule has 2 aromatic carbocycles. The zero-order chi connectivity index (χ0) is 52.9. The lowest BCUT2D eigenvalue weighted by Crippen LogP contribution is -2.52. The second kappa shape index (κ2) is 23.6. The molecule has 0 saturated carbocycles. The van der Waals surface area contributed by atoms with E-state index in [1.54, 1.807) is 27.1 Å². The zero-order valence-corrected chi connectivity index (χ0v) is 44.8. The molecule has 10 rings (SSSR count). The van der Waals surface area contributed by atoms with Crippen molar-refractivity contribution in [2.75, 3.05) is 78.0 Å². The minimum atomic E-state index is -0.638. The number of rotatable bonds is 17. The van der Waals surface area contributed by atoms with Crippen molar-refractivity contribution in [2.45, 2.75) is 96.4 Å². The van der Waals surface area contributed by atoms with Gasteiger partial charge in [-0.3, -0.25) is 43.5 Å². The van der Waals surface area contributed by atoms with Gasteiger partial charge in [0.2, 0.25) is 17.7 Å². The highest BCUT2D eigenvalue weighted by atomic mass is 35.5. The smallest absolute Gasteiger partial charge is 0.305 e. The number of carbonyl (C=O) groups is 5. The van der Waals surface area contributed by atoms with Crippen LogP contribution < -0.4 is 10.6 Å². The number of carbonyl (C=O) groups excluding carboxylic acids is 5. The van der Waals surface area contributed by atoms with Crippen molar-refractivity contribution < 1.29 is 33.4 Å². The number of fused-ring (bicyclic) bond motifs is 4. The molecule has 0 bridgehead atoms. The Bertz CT molecular complexity index is 3090. The predicted molar refractivity (Wildman–Crippen MR) is 287 cm³/mol. The van der Waals surface area contributed by atoms with Crippen LogP contribution in [0.4, 0.5) is 5.69 Å². The predicted octanol–water partition coefficient (Wildman–Crippen LogP) is 5.32. The van der Waals surface area contributed by atoms with E-state index in [0.29, 0.717) is 87.5 Å². The van der Waals surface area contributed by atoms with Gasteiger partial charge in [-0.25, -0.2) is 0 Å². The van der Waals surface area contributed by atoms with Gasteiger partial charge in [-0.1, -0.05) is 41.6 Å². The lowest BCUT2D eigenvalue weighted by molar-refractivity contribution is -0.144. The van der Waals surface area contributed by atoms with Crippen molar-refractivity contribution >= 4 is 63.9 Å². The van der Waals surface area contributed by atoms with Crippen molar-refractivity contribution in [1.29, 1.82) is 0 Å². The van der Waals surface area contributed by atoms with Crippen LogP contribution in [0.5, 0.6) is 0 Å². The summed E-state index contributed by atoms with van der Waals surface area (Å²) in [4.78, 5) is 78.1. The molecule has 1 unspecified atom stereocenters. The van der Waals surface area contributed by atoms with Crippen molar-refractivity contribution in [3.63, 3.8) is 0 Å². The van der Waals surface area contributed by atoms with Crippen LogP contribution in [-0.4, -0.2) is 164 Å². The van der Waals surface area contributed by atoms with Crippen LogP contribution in [0.3, 0.4) is 0 Å². The molecule has 19 nitrogen and oxygen atoms in total. The Balaban J connectivity index is 0.648. The van der Waals surface area contributed by atoms with Crippen LogP contribution in [0.2, 0.25) is 5.02 Å². The van der Waals surface area contributed by atoms with Gasteiger partial charge in [0.25, 0.3) is 5.91 Å². The molecule has 3 fully saturated rings. The van der Waals surface area contributed by atoms with Gasteiger partial charge < -0.3 is 34.4 Å². The van der Waals surface area contributed by atoms with Gasteiger partial charge >= 0.3 is 5.97 Å². The number of nitrogens with one attached hydrogen (secondary N) is 2. The average molecular weight is 1070 g/mol. The molecule has 0 spiro atoms. The molecule has 76 heavy (non-hydrogen) atoms. The first kappa shape index (κ1) is 52.7. The first-order valence-electron chi connectivity index (χ1n) is 26.3. The summed E-state index contributed by atoms with van der Waals surface area (Å²) in [5.41, 5.74) is 6.69. The third kappa shape index (κ3) is 11.9. The van der Waals surface area contributed by atoms with E-state index in [1.807, 2.05) is 72.0 Å². The molecule has 5 aromatic rings. The fraction of sp³-hybridized carbons (Fsp3) is 0.473. The lowest BCUT2D eigenvalue weighted by Gasteiger charge is -2.33. The van der Waals surface area contributed by atoms with E-state index in [-0.39, 0.29) is 49.0 Å². The normalized spacial score (nSPS) is 19.1. The number of esters is 1. The van der Waals surface area contributed by atoms with Crippen molar-refractivity contribution in [2.24, 2.45) is 4.99 Å². The van der Waals surface area contributed by atoms with E-state index in [4.69, 9.17) is 26.1 Å². The third-order valence-corrected chi connectivity index (χ3v) is 16.3. The maximum Gasteiger partial charge on any atom is 0.305 e. The molecule has 0 radical (unpaired) electrons. The Morgan fingerprint density at radius 3 is 2.51 bits per heavy atom. The largest absolute Gasteiger partial charge is 0.466 e. The number of anilines is 1. The summed E-state index contributed by atoms with van der Waals surface area (Å²) in [5.74, 6) is 6.94. The number of likely N-dealkylation sites (tertiary alicyclic amines) is 1. The van der Waals surface area contributed by atoms with Gasteiger partial charge in [0.15, 0.2) is 5.82 Å². The summed E-state index contributed by atoms with van der Waals surface area (Å²) >= 11 is 7.89. The number of benzene rings is 2. The van der Waals surface area contributed by atoms with E-state index in [9.17, 15) is 24.0 Å². The van der Waals surface area contributed by atoms with Crippen LogP contribution in [0.25, 0.3) is 5.00 Å². The fourth-order valence-corrected chi connectivity index (χ4v) is 11.9. The van der Waals surface area contributed by atoms with Gasteiger partial charge in [0.05, 0.1) is 42.0 Å². The van der Waals surface area contributed by atoms with Gasteiger partial charge in [-0.05, 0) is 76.4 Å². The zero-order valence-electron chi connectivity index (χ0n) is 43.2. The molecule has 398 valence electrons. The SMILES string of the molecule is Cc1c(C#Cc2cnn(CCCC(=O)OCCCOCCN3CCC(Nc4cccc5c4CN(C4CCC(=O)NC4=O)C5=O)CC3)c2)sc2c1C(c1ccc(Cl)cc1)=N[C@@H](CC(=O)N1CCN(C)CC1)c1nnc(C)n1-2.